The average molecular weight is 312 g/mol. The monoisotopic (exact) mass is 312 g/mol. The van der Waals surface area contributed by atoms with E-state index in [2.05, 4.69) is 15.5 Å². The van der Waals surface area contributed by atoms with Gasteiger partial charge in [-0.2, -0.15) is 0 Å². The highest BCUT2D eigenvalue weighted by atomic mass is 32.2. The van der Waals surface area contributed by atoms with E-state index in [-0.39, 0.29) is 5.97 Å². The summed E-state index contributed by atoms with van der Waals surface area (Å²) in [5.74, 6) is -0.116. The zero-order valence-corrected chi connectivity index (χ0v) is 13.8. The molecule has 1 N–H and O–H groups in total. The van der Waals surface area contributed by atoms with E-state index in [1.807, 2.05) is 25.5 Å². The minimum Gasteiger partial charge on any atom is -0.465 e. The van der Waals surface area contributed by atoms with Crippen molar-refractivity contribution in [2.45, 2.75) is 55.5 Å². The van der Waals surface area contributed by atoms with Crippen molar-refractivity contribution in [1.29, 1.82) is 0 Å². The molecule has 1 aliphatic rings. The van der Waals surface area contributed by atoms with Crippen molar-refractivity contribution in [3.63, 3.8) is 0 Å². The second-order valence-electron chi connectivity index (χ2n) is 5.39. The van der Waals surface area contributed by atoms with Crippen molar-refractivity contribution >= 4 is 17.7 Å². The Bertz CT molecular complexity index is 475. The van der Waals surface area contributed by atoms with Gasteiger partial charge < -0.3 is 14.6 Å². The third kappa shape index (κ3) is 3.77. The number of hydrogen-bond donors (Lipinski definition) is 1. The van der Waals surface area contributed by atoms with Gasteiger partial charge in [0.1, 0.15) is 11.9 Å². The molecule has 0 spiro atoms. The van der Waals surface area contributed by atoms with Crippen molar-refractivity contribution in [3.05, 3.63) is 6.33 Å². The Labute approximate surface area is 130 Å². The van der Waals surface area contributed by atoms with Gasteiger partial charge in [-0.1, -0.05) is 18.7 Å². The average Bonchev–Trinajstić information content (AvgIpc) is 2.85. The molecular formula is C14H24N4O2S. The lowest BCUT2D eigenvalue weighted by Gasteiger charge is -2.39. The zero-order chi connectivity index (χ0) is 15.3. The summed E-state index contributed by atoms with van der Waals surface area (Å²) in [6.07, 6.45) is 5.42. The Kier molecular flexibility index (Phi) is 5.64. The largest absolute Gasteiger partial charge is 0.465 e. The first-order valence-corrected chi connectivity index (χ1v) is 8.42. The van der Waals surface area contributed by atoms with E-state index in [9.17, 15) is 4.79 Å². The fourth-order valence-corrected chi connectivity index (χ4v) is 4.14. The minimum absolute atomic E-state index is 0.116. The Morgan fingerprint density at radius 2 is 2.43 bits per heavy atom. The summed E-state index contributed by atoms with van der Waals surface area (Å²) in [6, 6.07) is 0. The number of nitrogens with zero attached hydrogens (tertiary/aromatic N) is 3. The highest BCUT2D eigenvalue weighted by Gasteiger charge is 2.43. The quantitative estimate of drug-likeness (QED) is 0.807. The molecule has 0 amide bonds. The van der Waals surface area contributed by atoms with Crippen molar-refractivity contribution in [2.75, 3.05) is 13.2 Å². The second kappa shape index (κ2) is 7.26. The summed E-state index contributed by atoms with van der Waals surface area (Å²) < 4.78 is 7.22. The van der Waals surface area contributed by atoms with E-state index < -0.39 is 5.54 Å². The fourth-order valence-electron chi connectivity index (χ4n) is 2.88. The van der Waals surface area contributed by atoms with E-state index in [1.54, 1.807) is 18.1 Å². The molecule has 0 saturated heterocycles. The first-order chi connectivity index (χ1) is 10.1. The number of hydrogen-bond acceptors (Lipinski definition) is 6. The molecule has 21 heavy (non-hydrogen) atoms. The molecule has 6 nitrogen and oxygen atoms in total. The predicted octanol–water partition coefficient (Wildman–Crippen LogP) is 1.76. The number of aryl methyl sites for hydroxylation is 1. The van der Waals surface area contributed by atoms with Gasteiger partial charge in [0.25, 0.3) is 0 Å². The summed E-state index contributed by atoms with van der Waals surface area (Å²) in [7, 11) is 1.94. The van der Waals surface area contributed by atoms with Crippen molar-refractivity contribution in [3.8, 4) is 0 Å². The molecule has 1 aromatic heterocycles. The van der Waals surface area contributed by atoms with Crippen LogP contribution in [-0.4, -0.2) is 44.7 Å². The number of rotatable bonds is 6. The van der Waals surface area contributed by atoms with Crippen LogP contribution in [0.4, 0.5) is 0 Å². The van der Waals surface area contributed by atoms with Gasteiger partial charge in [0.2, 0.25) is 0 Å². The molecule has 1 saturated carbocycles. The molecule has 0 radical (unpaired) electrons. The highest BCUT2D eigenvalue weighted by molar-refractivity contribution is 7.99. The maximum atomic E-state index is 12.4. The predicted molar refractivity (Wildman–Crippen MR) is 82.2 cm³/mol. The molecule has 0 aliphatic heterocycles. The molecule has 1 fully saturated rings. The van der Waals surface area contributed by atoms with Crippen molar-refractivity contribution in [1.82, 2.24) is 20.1 Å². The van der Waals surface area contributed by atoms with E-state index in [0.717, 1.165) is 37.4 Å². The maximum Gasteiger partial charge on any atom is 0.326 e. The van der Waals surface area contributed by atoms with Crippen LogP contribution < -0.4 is 5.32 Å². The van der Waals surface area contributed by atoms with Crippen LogP contribution in [0.15, 0.2) is 11.5 Å². The van der Waals surface area contributed by atoms with E-state index in [0.29, 0.717) is 11.9 Å². The van der Waals surface area contributed by atoms with Crippen LogP contribution >= 0.6 is 11.8 Å². The number of likely N-dealkylation sites (N-methyl/N-ethyl adjacent to an activating group) is 1. The molecule has 0 bridgehead atoms. The van der Waals surface area contributed by atoms with Gasteiger partial charge in [-0.15, -0.1) is 10.2 Å². The summed E-state index contributed by atoms with van der Waals surface area (Å²) >= 11 is 1.70. The molecule has 1 heterocycles. The van der Waals surface area contributed by atoms with Gasteiger partial charge in [0, 0.05) is 12.3 Å². The normalized spacial score (nSPS) is 25.8. The van der Waals surface area contributed by atoms with E-state index in [4.69, 9.17) is 4.74 Å². The molecule has 1 aromatic rings. The summed E-state index contributed by atoms with van der Waals surface area (Å²) in [6.45, 7) is 5.07. The van der Waals surface area contributed by atoms with Crippen LogP contribution in [0.25, 0.3) is 0 Å². The topological polar surface area (TPSA) is 69.0 Å². The number of nitrogens with one attached hydrogen (secondary N) is 1. The third-order valence-corrected chi connectivity index (χ3v) is 5.15. The van der Waals surface area contributed by atoms with E-state index >= 15 is 0 Å². The lowest BCUT2D eigenvalue weighted by Crippen LogP contribution is -2.56. The standard InChI is InChI=1S/C14H24N4O2S/c1-4-15-14(12(19)20-5-2)8-6-7-11(9-14)21-13-17-16-10-18(13)3/h10-11,15H,4-9H2,1-3H3. The summed E-state index contributed by atoms with van der Waals surface area (Å²) in [5, 5.41) is 12.7. The molecule has 2 unspecified atom stereocenters. The number of carbonyl (C=O) groups excluding carboxylic acids is 1. The van der Waals surface area contributed by atoms with Crippen molar-refractivity contribution in [2.24, 2.45) is 7.05 Å². The molecule has 2 rings (SSSR count). The second-order valence-corrected chi connectivity index (χ2v) is 6.66. The Hall–Kier alpha value is -1.08. The van der Waals surface area contributed by atoms with Crippen LogP contribution in [0.5, 0.6) is 0 Å². The Morgan fingerprint density at radius 3 is 3.05 bits per heavy atom. The number of esters is 1. The first kappa shape index (κ1) is 16.3. The first-order valence-electron chi connectivity index (χ1n) is 7.54. The fraction of sp³-hybridized carbons (Fsp3) is 0.786. The van der Waals surface area contributed by atoms with Crippen LogP contribution in [0.1, 0.15) is 39.5 Å². The zero-order valence-electron chi connectivity index (χ0n) is 13.0. The van der Waals surface area contributed by atoms with Crippen LogP contribution in [-0.2, 0) is 16.6 Å². The number of thioether (sulfide) groups is 1. The van der Waals surface area contributed by atoms with Gasteiger partial charge in [-0.05, 0) is 39.2 Å². The van der Waals surface area contributed by atoms with Crippen LogP contribution in [0, 0.1) is 0 Å². The lowest BCUT2D eigenvalue weighted by atomic mass is 9.81. The van der Waals surface area contributed by atoms with Gasteiger partial charge in [-0.3, -0.25) is 4.79 Å². The third-order valence-electron chi connectivity index (χ3n) is 3.83. The molecule has 118 valence electrons. The van der Waals surface area contributed by atoms with Crippen LogP contribution in [0.3, 0.4) is 0 Å². The Balaban J connectivity index is 2.09. The lowest BCUT2D eigenvalue weighted by molar-refractivity contribution is -0.152. The number of ether oxygens (including phenoxy) is 1. The molecule has 0 aromatic carbocycles. The van der Waals surface area contributed by atoms with Crippen LogP contribution in [0.2, 0.25) is 0 Å². The van der Waals surface area contributed by atoms with E-state index in [1.165, 1.54) is 0 Å². The van der Waals surface area contributed by atoms with Gasteiger partial charge in [0.05, 0.1) is 6.61 Å². The van der Waals surface area contributed by atoms with Gasteiger partial charge in [0.15, 0.2) is 5.16 Å². The SMILES string of the molecule is CCNC1(C(=O)OCC)CCCC(Sc2nncn2C)C1. The number of carbonyl (C=O) groups is 1. The van der Waals surface area contributed by atoms with Crippen molar-refractivity contribution < 1.29 is 9.53 Å². The molecule has 7 heteroatoms. The smallest absolute Gasteiger partial charge is 0.326 e. The summed E-state index contributed by atoms with van der Waals surface area (Å²) in [5.41, 5.74) is -0.542. The van der Waals surface area contributed by atoms with Gasteiger partial charge >= 0.3 is 5.97 Å². The van der Waals surface area contributed by atoms with Gasteiger partial charge in [-0.25, -0.2) is 0 Å². The summed E-state index contributed by atoms with van der Waals surface area (Å²) in [4.78, 5) is 12.4. The molecular weight excluding hydrogens is 288 g/mol. The maximum absolute atomic E-state index is 12.4. The minimum atomic E-state index is -0.542. The molecule has 1 aliphatic carbocycles. The molecule has 2 atom stereocenters. The Morgan fingerprint density at radius 1 is 1.62 bits per heavy atom. The number of aromatic nitrogens is 3. The highest BCUT2D eigenvalue weighted by Crippen LogP contribution is 2.38.